The average molecular weight is 262 g/mol. The summed E-state index contributed by atoms with van der Waals surface area (Å²) in [5.74, 6) is 0.424. The highest BCUT2D eigenvalue weighted by Gasteiger charge is 2.18. The van der Waals surface area contributed by atoms with Crippen molar-refractivity contribution in [3.8, 4) is 0 Å². The summed E-state index contributed by atoms with van der Waals surface area (Å²) in [4.78, 5) is 14.3. The maximum Gasteiger partial charge on any atom is 0.251 e. The Balaban J connectivity index is 1.90. The summed E-state index contributed by atoms with van der Waals surface area (Å²) in [5, 5.41) is 2.97. The van der Waals surface area contributed by atoms with Crippen LogP contribution >= 0.6 is 0 Å². The average Bonchev–Trinajstić information content (AvgIpc) is 2.35. The lowest BCUT2D eigenvalue weighted by atomic mass is 9.98. The van der Waals surface area contributed by atoms with Gasteiger partial charge in [-0.2, -0.15) is 0 Å². The van der Waals surface area contributed by atoms with E-state index in [0.29, 0.717) is 29.4 Å². The minimum absolute atomic E-state index is 0.104. The van der Waals surface area contributed by atoms with Crippen LogP contribution in [0.15, 0.2) is 18.2 Å². The molecule has 1 saturated heterocycles. The zero-order valence-electron chi connectivity index (χ0n) is 11.4. The van der Waals surface area contributed by atoms with E-state index in [-0.39, 0.29) is 5.91 Å². The first-order valence-electron chi connectivity index (χ1n) is 6.67. The zero-order valence-corrected chi connectivity index (χ0v) is 11.4. The van der Waals surface area contributed by atoms with Gasteiger partial charge in [-0.1, -0.05) is 0 Å². The van der Waals surface area contributed by atoms with Gasteiger partial charge in [0, 0.05) is 30.0 Å². The Morgan fingerprint density at radius 1 is 1.37 bits per heavy atom. The van der Waals surface area contributed by atoms with E-state index in [1.54, 1.807) is 18.2 Å². The first kappa shape index (κ1) is 13.7. The van der Waals surface area contributed by atoms with Crippen LogP contribution in [-0.4, -0.2) is 37.5 Å². The van der Waals surface area contributed by atoms with Gasteiger partial charge in [0.2, 0.25) is 0 Å². The highest BCUT2D eigenvalue weighted by Crippen LogP contribution is 2.16. The second kappa shape index (κ2) is 5.93. The van der Waals surface area contributed by atoms with Crippen molar-refractivity contribution in [1.29, 1.82) is 0 Å². The van der Waals surface area contributed by atoms with Crippen molar-refractivity contribution >= 4 is 17.3 Å². The maximum absolute atomic E-state index is 12.0. The molecule has 0 radical (unpaired) electrons. The molecule has 19 heavy (non-hydrogen) atoms. The number of nitrogens with zero attached hydrogens (tertiary/aromatic N) is 1. The Labute approximate surface area is 113 Å². The van der Waals surface area contributed by atoms with E-state index in [9.17, 15) is 4.79 Å². The van der Waals surface area contributed by atoms with Gasteiger partial charge in [-0.05, 0) is 50.6 Å². The number of nitrogens with one attached hydrogen (secondary N) is 1. The molecular formula is C14H22N4O. The third-order valence-corrected chi connectivity index (χ3v) is 3.51. The molecule has 1 unspecified atom stereocenters. The molecule has 5 nitrogen and oxygen atoms in total. The number of hydrogen-bond acceptors (Lipinski definition) is 4. The molecular weight excluding hydrogens is 240 g/mol. The van der Waals surface area contributed by atoms with Crippen LogP contribution in [0, 0.1) is 5.92 Å². The van der Waals surface area contributed by atoms with Crippen molar-refractivity contribution in [2.24, 2.45) is 5.92 Å². The number of carbonyl (C=O) groups is 1. The van der Waals surface area contributed by atoms with E-state index in [2.05, 4.69) is 17.3 Å². The second-order valence-corrected chi connectivity index (χ2v) is 5.37. The monoisotopic (exact) mass is 262 g/mol. The molecule has 1 fully saturated rings. The first-order chi connectivity index (χ1) is 9.04. The molecule has 1 amide bonds. The smallest absolute Gasteiger partial charge is 0.251 e. The summed E-state index contributed by atoms with van der Waals surface area (Å²) >= 11 is 0. The standard InChI is InChI=1S/C14H22N4O/c1-18-4-2-3-10(9-18)8-17-14(19)11-5-12(15)7-13(16)6-11/h5-7,10H,2-4,8-9,15-16H2,1H3,(H,17,19). The fourth-order valence-corrected chi connectivity index (χ4v) is 2.59. The van der Waals surface area contributed by atoms with Gasteiger partial charge in [0.1, 0.15) is 0 Å². The zero-order chi connectivity index (χ0) is 13.8. The van der Waals surface area contributed by atoms with Gasteiger partial charge in [0.05, 0.1) is 0 Å². The van der Waals surface area contributed by atoms with Crippen LogP contribution in [0.4, 0.5) is 11.4 Å². The van der Waals surface area contributed by atoms with E-state index >= 15 is 0 Å². The number of likely N-dealkylation sites (tertiary alicyclic amines) is 1. The van der Waals surface area contributed by atoms with E-state index in [1.807, 2.05) is 0 Å². The number of rotatable bonds is 3. The van der Waals surface area contributed by atoms with Gasteiger partial charge in [0.25, 0.3) is 5.91 Å². The number of nitrogen functional groups attached to an aromatic ring is 2. The number of amides is 1. The van der Waals surface area contributed by atoms with Gasteiger partial charge in [0.15, 0.2) is 0 Å². The van der Waals surface area contributed by atoms with Crippen LogP contribution in [-0.2, 0) is 0 Å². The fraction of sp³-hybridized carbons (Fsp3) is 0.500. The minimum Gasteiger partial charge on any atom is -0.399 e. The van der Waals surface area contributed by atoms with Crippen LogP contribution in [0.5, 0.6) is 0 Å². The van der Waals surface area contributed by atoms with E-state index in [4.69, 9.17) is 11.5 Å². The molecule has 1 aromatic rings. The third kappa shape index (κ3) is 3.86. The van der Waals surface area contributed by atoms with Crippen molar-refractivity contribution < 1.29 is 4.79 Å². The van der Waals surface area contributed by atoms with Crippen LogP contribution < -0.4 is 16.8 Å². The lowest BCUT2D eigenvalue weighted by Gasteiger charge is -2.29. The number of anilines is 2. The largest absolute Gasteiger partial charge is 0.399 e. The van der Waals surface area contributed by atoms with E-state index in [1.165, 1.54) is 12.8 Å². The van der Waals surface area contributed by atoms with Crippen molar-refractivity contribution in [1.82, 2.24) is 10.2 Å². The summed E-state index contributed by atoms with van der Waals surface area (Å²) in [5.41, 5.74) is 12.9. The Morgan fingerprint density at radius 2 is 2.05 bits per heavy atom. The molecule has 5 heteroatoms. The minimum atomic E-state index is -0.104. The third-order valence-electron chi connectivity index (χ3n) is 3.51. The molecule has 0 spiro atoms. The van der Waals surface area contributed by atoms with Crippen molar-refractivity contribution in [3.05, 3.63) is 23.8 Å². The summed E-state index contributed by atoms with van der Waals surface area (Å²) in [6.07, 6.45) is 2.37. The first-order valence-corrected chi connectivity index (χ1v) is 6.67. The fourth-order valence-electron chi connectivity index (χ4n) is 2.59. The molecule has 5 N–H and O–H groups in total. The number of piperidine rings is 1. The van der Waals surface area contributed by atoms with Crippen LogP contribution in [0.25, 0.3) is 0 Å². The topological polar surface area (TPSA) is 84.4 Å². The molecule has 0 aromatic heterocycles. The normalized spacial score (nSPS) is 20.2. The molecule has 0 bridgehead atoms. The summed E-state index contributed by atoms with van der Waals surface area (Å²) in [6.45, 7) is 2.90. The summed E-state index contributed by atoms with van der Waals surface area (Å²) in [6, 6.07) is 4.95. The molecule has 2 rings (SSSR count). The van der Waals surface area contributed by atoms with Crippen LogP contribution in [0.1, 0.15) is 23.2 Å². The predicted octanol–water partition coefficient (Wildman–Crippen LogP) is 0.923. The highest BCUT2D eigenvalue weighted by atomic mass is 16.1. The molecule has 0 aliphatic carbocycles. The number of nitrogens with two attached hydrogens (primary N) is 2. The van der Waals surface area contributed by atoms with Gasteiger partial charge in [-0.15, -0.1) is 0 Å². The molecule has 1 heterocycles. The second-order valence-electron chi connectivity index (χ2n) is 5.37. The Bertz CT molecular complexity index is 441. The number of carbonyl (C=O) groups excluding carboxylic acids is 1. The van der Waals surface area contributed by atoms with Gasteiger partial charge < -0.3 is 21.7 Å². The molecule has 1 aromatic carbocycles. The van der Waals surface area contributed by atoms with E-state index in [0.717, 1.165) is 13.1 Å². The van der Waals surface area contributed by atoms with Gasteiger partial charge in [-0.25, -0.2) is 0 Å². The van der Waals surface area contributed by atoms with Gasteiger partial charge in [-0.3, -0.25) is 4.79 Å². The van der Waals surface area contributed by atoms with Crippen molar-refractivity contribution in [3.63, 3.8) is 0 Å². The molecule has 104 valence electrons. The lowest BCUT2D eigenvalue weighted by molar-refractivity contribution is 0.0937. The predicted molar refractivity (Wildman–Crippen MR) is 77.8 cm³/mol. The van der Waals surface area contributed by atoms with Crippen molar-refractivity contribution in [2.75, 3.05) is 38.1 Å². The molecule has 1 atom stereocenters. The Hall–Kier alpha value is -1.75. The summed E-state index contributed by atoms with van der Waals surface area (Å²) < 4.78 is 0. The summed E-state index contributed by atoms with van der Waals surface area (Å²) in [7, 11) is 2.12. The van der Waals surface area contributed by atoms with Crippen LogP contribution in [0.2, 0.25) is 0 Å². The molecule has 0 saturated carbocycles. The highest BCUT2D eigenvalue weighted by molar-refractivity contribution is 5.96. The lowest BCUT2D eigenvalue weighted by Crippen LogP contribution is -2.39. The number of hydrogen-bond donors (Lipinski definition) is 3. The molecule has 1 aliphatic heterocycles. The molecule has 1 aliphatic rings. The maximum atomic E-state index is 12.0. The van der Waals surface area contributed by atoms with Crippen molar-refractivity contribution in [2.45, 2.75) is 12.8 Å². The Morgan fingerprint density at radius 3 is 2.68 bits per heavy atom. The quantitative estimate of drug-likeness (QED) is 0.707. The van der Waals surface area contributed by atoms with Crippen LogP contribution in [0.3, 0.4) is 0 Å². The Kier molecular flexibility index (Phi) is 4.27. The van der Waals surface area contributed by atoms with E-state index < -0.39 is 0 Å². The van der Waals surface area contributed by atoms with Gasteiger partial charge >= 0.3 is 0 Å². The SMILES string of the molecule is CN1CCCC(CNC(=O)c2cc(N)cc(N)c2)C1. The number of benzene rings is 1.